The smallest absolute Gasteiger partial charge is 0.251 e. The lowest BCUT2D eigenvalue weighted by Gasteiger charge is -2.12. The van der Waals surface area contributed by atoms with E-state index in [0.717, 1.165) is 23.4 Å². The lowest BCUT2D eigenvalue weighted by atomic mass is 10.2. The molecular weight excluding hydrogens is 376 g/mol. The summed E-state index contributed by atoms with van der Waals surface area (Å²) in [4.78, 5) is 16.1. The van der Waals surface area contributed by atoms with Crippen molar-refractivity contribution in [1.29, 1.82) is 0 Å². The zero-order valence-corrected chi connectivity index (χ0v) is 16.1. The van der Waals surface area contributed by atoms with Crippen LogP contribution in [0.15, 0.2) is 33.7 Å². The number of carbonyl (C=O) groups excluding carboxylic acids is 1. The fourth-order valence-electron chi connectivity index (χ4n) is 1.86. The van der Waals surface area contributed by atoms with Gasteiger partial charge in [-0.25, -0.2) is 0 Å². The minimum absolute atomic E-state index is 0.0701. The first-order valence-corrected chi connectivity index (χ1v) is 9.83. The molecule has 0 saturated heterocycles. The molecule has 0 aliphatic carbocycles. The van der Waals surface area contributed by atoms with Crippen molar-refractivity contribution in [3.63, 3.8) is 0 Å². The largest absolute Gasteiger partial charge is 0.356 e. The van der Waals surface area contributed by atoms with E-state index in [-0.39, 0.29) is 5.91 Å². The van der Waals surface area contributed by atoms with Crippen LogP contribution in [0, 0.1) is 0 Å². The molecule has 0 aromatic heterocycles. The molecule has 5 nitrogen and oxygen atoms in total. The van der Waals surface area contributed by atoms with Crippen molar-refractivity contribution in [3.05, 3.63) is 34.3 Å². The molecular formula is C16H25BrN4OS. The van der Waals surface area contributed by atoms with Crippen LogP contribution < -0.4 is 16.0 Å². The fraction of sp³-hybridized carbons (Fsp3) is 0.500. The normalized spacial score (nSPS) is 11.2. The molecule has 0 aliphatic heterocycles. The van der Waals surface area contributed by atoms with Gasteiger partial charge in [0.25, 0.3) is 5.91 Å². The third-order valence-electron chi connectivity index (χ3n) is 3.10. The minimum atomic E-state index is -0.0701. The molecule has 1 aromatic carbocycles. The Balaban J connectivity index is 2.17. The number of carbonyl (C=O) groups is 1. The summed E-state index contributed by atoms with van der Waals surface area (Å²) < 4.78 is 0.961. The zero-order valence-electron chi connectivity index (χ0n) is 13.7. The monoisotopic (exact) mass is 400 g/mol. The van der Waals surface area contributed by atoms with Gasteiger partial charge in [0, 0.05) is 36.7 Å². The minimum Gasteiger partial charge on any atom is -0.356 e. The van der Waals surface area contributed by atoms with E-state index in [4.69, 9.17) is 0 Å². The highest BCUT2D eigenvalue weighted by molar-refractivity contribution is 9.10. The summed E-state index contributed by atoms with van der Waals surface area (Å²) >= 11 is 5.22. The van der Waals surface area contributed by atoms with Crippen LogP contribution in [-0.2, 0) is 0 Å². The predicted molar refractivity (Wildman–Crippen MR) is 103 cm³/mol. The first kappa shape index (κ1) is 19.8. The molecule has 0 spiro atoms. The Kier molecular flexibility index (Phi) is 10.6. The molecule has 0 saturated carbocycles. The van der Waals surface area contributed by atoms with Crippen LogP contribution in [-0.4, -0.2) is 50.6 Å². The van der Waals surface area contributed by atoms with Crippen LogP contribution in [0.4, 0.5) is 0 Å². The van der Waals surface area contributed by atoms with E-state index in [1.807, 2.05) is 23.9 Å². The predicted octanol–water partition coefficient (Wildman–Crippen LogP) is 2.49. The molecule has 0 radical (unpaired) electrons. The first-order valence-electron chi connectivity index (χ1n) is 7.64. The van der Waals surface area contributed by atoms with E-state index >= 15 is 0 Å². The Bertz CT molecular complexity index is 493. The van der Waals surface area contributed by atoms with Gasteiger partial charge in [0.1, 0.15) is 0 Å². The van der Waals surface area contributed by atoms with Gasteiger partial charge in [-0.05, 0) is 49.1 Å². The second-order valence-corrected chi connectivity index (χ2v) is 6.79. The number of nitrogens with one attached hydrogen (secondary N) is 3. The number of amides is 1. The third kappa shape index (κ3) is 8.86. The summed E-state index contributed by atoms with van der Waals surface area (Å²) in [6.45, 7) is 2.08. The van der Waals surface area contributed by atoms with Crippen molar-refractivity contribution >= 4 is 39.6 Å². The Morgan fingerprint density at radius 3 is 2.39 bits per heavy atom. The number of aliphatic imine (C=N–C) groups is 1. The number of benzene rings is 1. The van der Waals surface area contributed by atoms with Crippen LogP contribution in [0.25, 0.3) is 0 Å². The molecule has 1 amide bonds. The Hall–Kier alpha value is -1.21. The van der Waals surface area contributed by atoms with Crippen molar-refractivity contribution in [1.82, 2.24) is 16.0 Å². The molecule has 0 aliphatic rings. The van der Waals surface area contributed by atoms with Gasteiger partial charge in [-0.1, -0.05) is 15.9 Å². The van der Waals surface area contributed by atoms with E-state index in [1.165, 1.54) is 12.2 Å². The Labute approximate surface area is 151 Å². The second kappa shape index (κ2) is 12.2. The summed E-state index contributed by atoms with van der Waals surface area (Å²) in [6, 6.07) is 7.30. The molecule has 0 bridgehead atoms. The molecule has 1 rings (SSSR count). The van der Waals surface area contributed by atoms with Crippen molar-refractivity contribution < 1.29 is 4.79 Å². The average Bonchev–Trinajstić information content (AvgIpc) is 2.57. The molecule has 0 atom stereocenters. The van der Waals surface area contributed by atoms with Crippen molar-refractivity contribution in [2.45, 2.75) is 12.8 Å². The third-order valence-corrected chi connectivity index (χ3v) is 4.33. The highest BCUT2D eigenvalue weighted by atomic mass is 79.9. The summed E-state index contributed by atoms with van der Waals surface area (Å²) in [7, 11) is 1.75. The maximum absolute atomic E-state index is 11.9. The summed E-state index contributed by atoms with van der Waals surface area (Å²) in [5, 5.41) is 9.33. The van der Waals surface area contributed by atoms with Crippen molar-refractivity contribution in [2.75, 3.05) is 38.7 Å². The SMILES string of the molecule is CN=C(NCCCCSC)NCCNC(=O)c1ccc(Br)cc1. The maximum Gasteiger partial charge on any atom is 0.251 e. The van der Waals surface area contributed by atoms with Gasteiger partial charge in [-0.15, -0.1) is 0 Å². The topological polar surface area (TPSA) is 65.5 Å². The Morgan fingerprint density at radius 2 is 1.74 bits per heavy atom. The first-order chi connectivity index (χ1) is 11.2. The molecule has 0 fully saturated rings. The quantitative estimate of drug-likeness (QED) is 0.338. The summed E-state index contributed by atoms with van der Waals surface area (Å²) in [6.07, 6.45) is 4.45. The van der Waals surface area contributed by atoms with E-state index in [9.17, 15) is 4.79 Å². The van der Waals surface area contributed by atoms with E-state index in [0.29, 0.717) is 18.7 Å². The number of thioether (sulfide) groups is 1. The van der Waals surface area contributed by atoms with Crippen molar-refractivity contribution in [3.8, 4) is 0 Å². The van der Waals surface area contributed by atoms with Crippen LogP contribution in [0.3, 0.4) is 0 Å². The molecule has 3 N–H and O–H groups in total. The van der Waals surface area contributed by atoms with E-state index in [1.54, 1.807) is 19.2 Å². The zero-order chi connectivity index (χ0) is 16.9. The molecule has 1 aromatic rings. The lowest BCUT2D eigenvalue weighted by molar-refractivity contribution is 0.0954. The van der Waals surface area contributed by atoms with Gasteiger partial charge < -0.3 is 16.0 Å². The number of unbranched alkanes of at least 4 members (excludes halogenated alkanes) is 1. The molecule has 7 heteroatoms. The fourth-order valence-corrected chi connectivity index (χ4v) is 2.62. The second-order valence-electron chi connectivity index (χ2n) is 4.89. The van der Waals surface area contributed by atoms with Gasteiger partial charge in [0.05, 0.1) is 0 Å². The number of guanidine groups is 1. The van der Waals surface area contributed by atoms with Crippen LogP contribution in [0.1, 0.15) is 23.2 Å². The lowest BCUT2D eigenvalue weighted by Crippen LogP contribution is -2.41. The van der Waals surface area contributed by atoms with Crippen molar-refractivity contribution in [2.24, 2.45) is 4.99 Å². The molecule has 128 valence electrons. The van der Waals surface area contributed by atoms with E-state index in [2.05, 4.69) is 43.1 Å². The number of rotatable bonds is 9. The highest BCUT2D eigenvalue weighted by Gasteiger charge is 2.04. The molecule has 0 unspecified atom stereocenters. The highest BCUT2D eigenvalue weighted by Crippen LogP contribution is 2.10. The van der Waals surface area contributed by atoms with Gasteiger partial charge in [0.15, 0.2) is 5.96 Å². The molecule has 0 heterocycles. The van der Waals surface area contributed by atoms with Gasteiger partial charge in [-0.2, -0.15) is 11.8 Å². The van der Waals surface area contributed by atoms with E-state index < -0.39 is 0 Å². The maximum atomic E-state index is 11.9. The Morgan fingerprint density at radius 1 is 1.09 bits per heavy atom. The molecule has 23 heavy (non-hydrogen) atoms. The number of halogens is 1. The number of hydrogen-bond acceptors (Lipinski definition) is 3. The number of hydrogen-bond donors (Lipinski definition) is 3. The van der Waals surface area contributed by atoms with Crippen LogP contribution >= 0.6 is 27.7 Å². The van der Waals surface area contributed by atoms with Gasteiger partial charge in [-0.3, -0.25) is 9.79 Å². The van der Waals surface area contributed by atoms with Crippen LogP contribution in [0.5, 0.6) is 0 Å². The van der Waals surface area contributed by atoms with Gasteiger partial charge >= 0.3 is 0 Å². The average molecular weight is 401 g/mol. The standard InChI is InChI=1S/C16H25BrN4OS/c1-18-16(20-9-3-4-12-23-2)21-11-10-19-15(22)13-5-7-14(17)8-6-13/h5-8H,3-4,9-12H2,1-2H3,(H,19,22)(H2,18,20,21). The summed E-state index contributed by atoms with van der Waals surface area (Å²) in [5.74, 6) is 1.89. The van der Waals surface area contributed by atoms with Gasteiger partial charge in [0.2, 0.25) is 0 Å². The summed E-state index contributed by atoms with van der Waals surface area (Å²) in [5.41, 5.74) is 0.657. The van der Waals surface area contributed by atoms with Crippen LogP contribution in [0.2, 0.25) is 0 Å². The number of nitrogens with zero attached hydrogens (tertiary/aromatic N) is 1.